The first-order valence-corrected chi connectivity index (χ1v) is 31.8. The van der Waals surface area contributed by atoms with Crippen molar-refractivity contribution in [2.24, 2.45) is 112 Å². The highest BCUT2D eigenvalue weighted by Gasteiger charge is 2.58. The van der Waals surface area contributed by atoms with Gasteiger partial charge in [-0.05, 0) is 215 Å². The van der Waals surface area contributed by atoms with E-state index in [1.807, 2.05) is 0 Å². The van der Waals surface area contributed by atoms with Crippen molar-refractivity contribution < 1.29 is 0 Å². The third-order valence-corrected chi connectivity index (χ3v) is 24.6. The minimum Gasteiger partial charge on any atom is -0.0651 e. The van der Waals surface area contributed by atoms with E-state index >= 15 is 0 Å². The maximum Gasteiger partial charge on any atom is -0.0321 e. The average molecular weight is 880 g/mol. The number of fused-ring (bicyclic) bond motifs is 3. The van der Waals surface area contributed by atoms with Crippen LogP contribution in [0, 0.1) is 112 Å². The molecular weight excluding hydrogens is 769 g/mol. The molecule has 366 valence electrons. The fourth-order valence-electron chi connectivity index (χ4n) is 22.1. The molecule has 0 N–H and O–H groups in total. The summed E-state index contributed by atoms with van der Waals surface area (Å²) in [6, 6.07) is 0. The van der Waals surface area contributed by atoms with Gasteiger partial charge in [-0.2, -0.15) is 0 Å². The summed E-state index contributed by atoms with van der Waals surface area (Å²) in [7, 11) is 0. The molecule has 10 saturated carbocycles. The van der Waals surface area contributed by atoms with Gasteiger partial charge in [0, 0.05) is 0 Å². The zero-order valence-electron chi connectivity index (χ0n) is 43.1. The highest BCUT2D eigenvalue weighted by atomic mass is 14.6. The molecule has 13 unspecified atom stereocenters. The van der Waals surface area contributed by atoms with Crippen LogP contribution in [0.15, 0.2) is 0 Å². The second-order valence-corrected chi connectivity index (χ2v) is 27.2. The summed E-state index contributed by atoms with van der Waals surface area (Å²) in [6.45, 7) is 2.64. The molecule has 10 aliphatic carbocycles. The maximum atomic E-state index is 2.64. The van der Waals surface area contributed by atoms with E-state index in [9.17, 15) is 0 Å². The Balaban J connectivity index is 0.902. The lowest BCUT2D eigenvalue weighted by molar-refractivity contribution is -0.137. The molecule has 0 heterocycles. The van der Waals surface area contributed by atoms with E-state index in [1.165, 1.54) is 32.1 Å². The van der Waals surface area contributed by atoms with Gasteiger partial charge in [0.25, 0.3) is 0 Å². The predicted molar refractivity (Wildman–Crippen MR) is 275 cm³/mol. The van der Waals surface area contributed by atoms with Crippen LogP contribution in [0.25, 0.3) is 0 Å². The van der Waals surface area contributed by atoms with Crippen molar-refractivity contribution in [1.82, 2.24) is 0 Å². The van der Waals surface area contributed by atoms with E-state index in [-0.39, 0.29) is 0 Å². The van der Waals surface area contributed by atoms with Gasteiger partial charge in [-0.15, -0.1) is 0 Å². The molecule has 0 nitrogen and oxygen atoms in total. The van der Waals surface area contributed by atoms with Crippen LogP contribution in [0.3, 0.4) is 0 Å². The number of hydrogen-bond acceptors (Lipinski definition) is 0. The van der Waals surface area contributed by atoms with Gasteiger partial charge in [-0.25, -0.2) is 0 Å². The van der Waals surface area contributed by atoms with Crippen molar-refractivity contribution in [1.29, 1.82) is 0 Å². The Bertz CT molecular complexity index is 1300. The van der Waals surface area contributed by atoms with Crippen molar-refractivity contribution in [3.8, 4) is 0 Å². The Hall–Kier alpha value is 0. The number of hydrogen-bond donors (Lipinski definition) is 0. The Morgan fingerprint density at radius 1 is 0.281 bits per heavy atom. The van der Waals surface area contributed by atoms with E-state index in [0.29, 0.717) is 0 Å². The molecule has 10 fully saturated rings. The van der Waals surface area contributed by atoms with Crippen molar-refractivity contribution in [2.45, 2.75) is 289 Å². The van der Waals surface area contributed by atoms with Crippen molar-refractivity contribution in [2.75, 3.05) is 0 Å². The summed E-state index contributed by atoms with van der Waals surface area (Å²) in [5.41, 5.74) is 0. The summed E-state index contributed by atoms with van der Waals surface area (Å²) in [6.07, 6.45) is 70.0. The topological polar surface area (TPSA) is 0 Å². The van der Waals surface area contributed by atoms with Gasteiger partial charge in [0.05, 0.1) is 0 Å². The maximum absolute atomic E-state index is 2.64. The van der Waals surface area contributed by atoms with Crippen LogP contribution in [-0.2, 0) is 0 Å². The van der Waals surface area contributed by atoms with E-state index in [1.54, 1.807) is 250 Å². The second-order valence-electron chi connectivity index (χ2n) is 27.2. The van der Waals surface area contributed by atoms with E-state index in [2.05, 4.69) is 6.92 Å². The van der Waals surface area contributed by atoms with Gasteiger partial charge >= 0.3 is 0 Å². The first kappa shape index (κ1) is 47.7. The summed E-state index contributed by atoms with van der Waals surface area (Å²) in [5.74, 6) is 20.7. The normalized spacial score (nSPS) is 45.3. The van der Waals surface area contributed by atoms with E-state index in [0.717, 1.165) is 112 Å². The molecule has 10 rings (SSSR count). The third kappa shape index (κ3) is 10.8. The standard InChI is InChI=1S/C64H110/c1-2-47(29-23-26-46-24-7-5-8-25-46)51-30-14-18-37-57(51)63-59-38-19-21-40-61(59)64(62-41-22-20-39-60(62)63)58-36-12-4-3-11-32-54(55-34-16-17-35-56(55)58)53-33-15-13-31-52(53)50-44-42-49(43-45-50)48-27-9-6-10-28-48/h46-64H,2-45H2,1H3. The largest absolute Gasteiger partial charge is 0.0651 e. The molecule has 0 amide bonds. The van der Waals surface area contributed by atoms with Crippen LogP contribution in [0.2, 0.25) is 0 Å². The SMILES string of the molecule is CCC(CCCC1CCCCC1)C1CCCCC1C1C2CCCCC2C(C2CCCCCCC(C3CCCCC3C3CCC(C4CCCCC4)CC3)C3CCCCC32)C2CCCCC21. The lowest BCUT2D eigenvalue weighted by Gasteiger charge is -2.62. The van der Waals surface area contributed by atoms with Crippen LogP contribution < -0.4 is 0 Å². The molecule has 0 heteroatoms. The van der Waals surface area contributed by atoms with E-state index in [4.69, 9.17) is 0 Å². The van der Waals surface area contributed by atoms with Crippen molar-refractivity contribution in [3.05, 3.63) is 0 Å². The number of rotatable bonds is 11. The Kier molecular flexibility index (Phi) is 17.7. The fourth-order valence-corrected chi connectivity index (χ4v) is 22.1. The lowest BCUT2D eigenvalue weighted by atomic mass is 9.43. The molecule has 0 aromatic rings. The van der Waals surface area contributed by atoms with Gasteiger partial charge in [0.2, 0.25) is 0 Å². The first-order valence-electron chi connectivity index (χ1n) is 31.8. The van der Waals surface area contributed by atoms with Crippen LogP contribution in [-0.4, -0.2) is 0 Å². The molecule has 10 aliphatic rings. The smallest absolute Gasteiger partial charge is 0.0321 e. The summed E-state index contributed by atoms with van der Waals surface area (Å²) in [5, 5.41) is 0. The average Bonchev–Trinajstić information content (AvgIpc) is 3.37. The molecule has 0 radical (unpaired) electrons. The monoisotopic (exact) mass is 879 g/mol. The molecule has 13 atom stereocenters. The minimum absolute atomic E-state index is 1.03. The summed E-state index contributed by atoms with van der Waals surface area (Å²) in [4.78, 5) is 0. The molecule has 0 bridgehead atoms. The third-order valence-electron chi connectivity index (χ3n) is 24.6. The molecule has 64 heavy (non-hydrogen) atoms. The van der Waals surface area contributed by atoms with Crippen LogP contribution >= 0.6 is 0 Å². The van der Waals surface area contributed by atoms with Gasteiger partial charge < -0.3 is 0 Å². The second kappa shape index (κ2) is 23.7. The van der Waals surface area contributed by atoms with Crippen molar-refractivity contribution in [3.63, 3.8) is 0 Å². The highest BCUT2D eigenvalue weighted by Crippen LogP contribution is 2.65. The Morgan fingerprint density at radius 3 is 1.14 bits per heavy atom. The minimum atomic E-state index is 1.03. The molecule has 0 spiro atoms. The first-order chi connectivity index (χ1) is 31.8. The van der Waals surface area contributed by atoms with E-state index < -0.39 is 0 Å². The predicted octanol–water partition coefficient (Wildman–Crippen LogP) is 20.0. The van der Waals surface area contributed by atoms with Gasteiger partial charge in [0.15, 0.2) is 0 Å². The highest BCUT2D eigenvalue weighted by molar-refractivity contribution is 5.06. The molecule has 0 aromatic heterocycles. The molecule has 0 aromatic carbocycles. The lowest BCUT2D eigenvalue weighted by Crippen LogP contribution is -2.56. The zero-order valence-corrected chi connectivity index (χ0v) is 43.1. The van der Waals surface area contributed by atoms with Crippen LogP contribution in [0.1, 0.15) is 289 Å². The summed E-state index contributed by atoms with van der Waals surface area (Å²) >= 11 is 0. The molecule has 0 aliphatic heterocycles. The fraction of sp³-hybridized carbons (Fsp3) is 1.00. The quantitative estimate of drug-likeness (QED) is 0.194. The Morgan fingerprint density at radius 2 is 0.609 bits per heavy atom. The summed E-state index contributed by atoms with van der Waals surface area (Å²) < 4.78 is 0. The van der Waals surface area contributed by atoms with Crippen molar-refractivity contribution >= 4 is 0 Å². The van der Waals surface area contributed by atoms with Crippen LogP contribution in [0.5, 0.6) is 0 Å². The van der Waals surface area contributed by atoms with Gasteiger partial charge in [-0.1, -0.05) is 187 Å². The van der Waals surface area contributed by atoms with Gasteiger partial charge in [-0.3, -0.25) is 0 Å². The zero-order chi connectivity index (χ0) is 43.1. The molecule has 0 saturated heterocycles. The van der Waals surface area contributed by atoms with Gasteiger partial charge in [0.1, 0.15) is 0 Å². The van der Waals surface area contributed by atoms with Crippen LogP contribution in [0.4, 0.5) is 0 Å². The Labute approximate surface area is 400 Å². The molecular formula is C64H110.